The van der Waals surface area contributed by atoms with Crippen molar-refractivity contribution in [3.63, 3.8) is 0 Å². The topological polar surface area (TPSA) is 63.7 Å². The number of carbonyl (C=O) groups is 1. The fraction of sp³-hybridized carbons (Fsp3) is 0.889. The maximum Gasteiger partial charge on any atom is 0.410 e. The van der Waals surface area contributed by atoms with Gasteiger partial charge in [-0.2, -0.15) is 0 Å². The molecule has 106 valence electrons. The van der Waals surface area contributed by atoms with Crippen LogP contribution in [0.2, 0.25) is 0 Å². The maximum absolute atomic E-state index is 13.4. The molecule has 18 heavy (non-hydrogen) atoms. The number of alkyl halides is 2. The fourth-order valence-corrected chi connectivity index (χ4v) is 2.92. The van der Waals surface area contributed by atoms with Gasteiger partial charge in [0.05, 0.1) is 6.54 Å². The average Bonchev–Trinajstić information content (AvgIpc) is 2.37. The zero-order chi connectivity index (χ0) is 14.4. The van der Waals surface area contributed by atoms with Crippen LogP contribution in [0.5, 0.6) is 0 Å². The molecule has 1 fully saturated rings. The lowest BCUT2D eigenvalue weighted by molar-refractivity contribution is -0.000365. The van der Waals surface area contributed by atoms with Crippen LogP contribution in [-0.2, 0) is 13.8 Å². The summed E-state index contributed by atoms with van der Waals surface area (Å²) in [6.45, 7) is 3.05. The number of halogens is 3. The highest BCUT2D eigenvalue weighted by Gasteiger charge is 2.56. The van der Waals surface area contributed by atoms with Gasteiger partial charge in [0.25, 0.3) is 5.92 Å². The van der Waals surface area contributed by atoms with Crippen LogP contribution in [0.4, 0.5) is 13.6 Å². The lowest BCUT2D eigenvalue weighted by Crippen LogP contribution is -2.36. The van der Waals surface area contributed by atoms with E-state index in [0.717, 1.165) is 0 Å². The molecule has 1 atom stereocenters. The Morgan fingerprint density at radius 1 is 1.44 bits per heavy atom. The largest absolute Gasteiger partial charge is 0.444 e. The molecule has 1 aliphatic rings. The molecular weight excluding hydrogens is 292 g/mol. The molecule has 0 N–H and O–H groups in total. The first-order valence-corrected chi connectivity index (χ1v) is 7.49. The van der Waals surface area contributed by atoms with E-state index in [-0.39, 0.29) is 0 Å². The summed E-state index contributed by atoms with van der Waals surface area (Å²) >= 11 is 0. The Morgan fingerprint density at radius 2 is 1.94 bits per heavy atom. The van der Waals surface area contributed by atoms with Crippen LogP contribution in [0, 0.1) is 0 Å². The maximum atomic E-state index is 13.4. The van der Waals surface area contributed by atoms with Crippen molar-refractivity contribution in [3.05, 3.63) is 0 Å². The standard InChI is InChI=1S/C9H14ClF2NO4S/c1-8(2,3)17-7(14)13-4-6(18(10,15)16)9(11,12)5-13/h6H,4-5H2,1-3H3/t6-/m1/s1. The minimum Gasteiger partial charge on any atom is -0.444 e. The van der Waals surface area contributed by atoms with Gasteiger partial charge >= 0.3 is 6.09 Å². The van der Waals surface area contributed by atoms with Gasteiger partial charge in [-0.25, -0.2) is 22.0 Å². The molecule has 1 saturated heterocycles. The summed E-state index contributed by atoms with van der Waals surface area (Å²) in [5.41, 5.74) is -0.843. The van der Waals surface area contributed by atoms with E-state index in [4.69, 9.17) is 15.4 Å². The highest BCUT2D eigenvalue weighted by atomic mass is 35.7. The van der Waals surface area contributed by atoms with E-state index >= 15 is 0 Å². The van der Waals surface area contributed by atoms with Crippen molar-refractivity contribution < 1.29 is 26.7 Å². The van der Waals surface area contributed by atoms with Crippen LogP contribution in [0.3, 0.4) is 0 Å². The molecule has 0 radical (unpaired) electrons. The molecule has 1 aliphatic heterocycles. The van der Waals surface area contributed by atoms with E-state index in [2.05, 4.69) is 0 Å². The first-order chi connectivity index (χ1) is 7.83. The Kier molecular flexibility index (Phi) is 3.84. The first kappa shape index (κ1) is 15.4. The van der Waals surface area contributed by atoms with Crippen molar-refractivity contribution in [1.29, 1.82) is 0 Å². The van der Waals surface area contributed by atoms with Gasteiger partial charge in [0, 0.05) is 17.2 Å². The molecule has 0 saturated carbocycles. The van der Waals surface area contributed by atoms with Crippen molar-refractivity contribution in [3.8, 4) is 0 Å². The summed E-state index contributed by atoms with van der Waals surface area (Å²) in [5, 5.41) is -2.10. The second-order valence-electron chi connectivity index (χ2n) is 5.09. The Morgan fingerprint density at radius 3 is 2.28 bits per heavy atom. The van der Waals surface area contributed by atoms with Gasteiger partial charge in [0.2, 0.25) is 9.05 Å². The molecular formula is C9H14ClF2NO4S. The van der Waals surface area contributed by atoms with Gasteiger partial charge < -0.3 is 9.64 Å². The Labute approximate surface area is 108 Å². The number of hydrogen-bond acceptors (Lipinski definition) is 4. The van der Waals surface area contributed by atoms with Crippen molar-refractivity contribution in [2.75, 3.05) is 13.1 Å². The summed E-state index contributed by atoms with van der Waals surface area (Å²) in [5.74, 6) is -3.57. The first-order valence-electron chi connectivity index (χ1n) is 5.12. The van der Waals surface area contributed by atoms with E-state index in [1.807, 2.05) is 0 Å². The molecule has 9 heteroatoms. The van der Waals surface area contributed by atoms with Crippen LogP contribution < -0.4 is 0 Å². The monoisotopic (exact) mass is 305 g/mol. The quantitative estimate of drug-likeness (QED) is 0.693. The highest BCUT2D eigenvalue weighted by Crippen LogP contribution is 2.34. The molecule has 1 heterocycles. The third kappa shape index (κ3) is 3.68. The van der Waals surface area contributed by atoms with Crippen LogP contribution in [-0.4, -0.2) is 49.3 Å². The number of carbonyl (C=O) groups excluding carboxylic acids is 1. The van der Waals surface area contributed by atoms with Crippen molar-refractivity contribution in [1.82, 2.24) is 4.90 Å². The van der Waals surface area contributed by atoms with Crippen LogP contribution in [0.25, 0.3) is 0 Å². The van der Waals surface area contributed by atoms with Gasteiger partial charge in [0.15, 0.2) is 5.25 Å². The number of hydrogen-bond donors (Lipinski definition) is 0. The molecule has 0 aromatic carbocycles. The van der Waals surface area contributed by atoms with Gasteiger partial charge in [-0.3, -0.25) is 0 Å². The molecule has 0 aliphatic carbocycles. The van der Waals surface area contributed by atoms with E-state index in [1.54, 1.807) is 20.8 Å². The normalized spacial score (nSPS) is 24.1. The lowest BCUT2D eigenvalue weighted by Gasteiger charge is -2.24. The molecule has 0 spiro atoms. The number of ether oxygens (including phenoxy) is 1. The number of rotatable bonds is 1. The summed E-state index contributed by atoms with van der Waals surface area (Å²) in [7, 11) is 0.493. The minimum atomic E-state index is -4.45. The van der Waals surface area contributed by atoms with Crippen LogP contribution >= 0.6 is 10.7 Å². The van der Waals surface area contributed by atoms with Crippen molar-refractivity contribution in [2.24, 2.45) is 0 Å². The molecule has 1 rings (SSSR count). The average molecular weight is 306 g/mol. The number of likely N-dealkylation sites (tertiary alicyclic amines) is 1. The SMILES string of the molecule is CC(C)(C)OC(=O)N1C[C@@H](S(=O)(=O)Cl)C(F)(F)C1. The highest BCUT2D eigenvalue weighted by molar-refractivity contribution is 8.14. The lowest BCUT2D eigenvalue weighted by atomic mass is 10.2. The predicted octanol–water partition coefficient (Wildman–Crippen LogP) is 1.81. The second kappa shape index (κ2) is 4.48. The molecule has 5 nitrogen and oxygen atoms in total. The molecule has 0 bridgehead atoms. The molecule has 1 amide bonds. The van der Waals surface area contributed by atoms with Crippen molar-refractivity contribution >= 4 is 25.8 Å². The second-order valence-corrected chi connectivity index (χ2v) is 7.90. The summed E-state index contributed by atoms with van der Waals surface area (Å²) in [4.78, 5) is 12.2. The van der Waals surface area contributed by atoms with E-state index in [9.17, 15) is 22.0 Å². The Balaban J connectivity index is 2.84. The summed E-state index contributed by atoms with van der Waals surface area (Å²) < 4.78 is 53.8. The fourth-order valence-electron chi connectivity index (χ4n) is 1.52. The Hall–Kier alpha value is -0.630. The van der Waals surface area contributed by atoms with E-state index < -0.39 is 45.0 Å². The number of amides is 1. The van der Waals surface area contributed by atoms with Gasteiger partial charge in [0.1, 0.15) is 5.60 Å². The minimum absolute atomic E-state index is 0.649. The predicted molar refractivity (Wildman–Crippen MR) is 61.3 cm³/mol. The van der Waals surface area contributed by atoms with Gasteiger partial charge in [-0.1, -0.05) is 0 Å². The third-order valence-corrected chi connectivity index (χ3v) is 4.07. The molecule has 0 aromatic rings. The smallest absolute Gasteiger partial charge is 0.410 e. The van der Waals surface area contributed by atoms with Crippen molar-refractivity contribution in [2.45, 2.75) is 37.5 Å². The van der Waals surface area contributed by atoms with Gasteiger partial charge in [-0.05, 0) is 20.8 Å². The summed E-state index contributed by atoms with van der Waals surface area (Å²) in [6, 6.07) is 0. The number of nitrogens with zero attached hydrogens (tertiary/aromatic N) is 1. The van der Waals surface area contributed by atoms with Crippen LogP contribution in [0.1, 0.15) is 20.8 Å². The molecule has 0 aromatic heterocycles. The van der Waals surface area contributed by atoms with E-state index in [0.29, 0.717) is 4.90 Å². The molecule has 0 unspecified atom stereocenters. The van der Waals surface area contributed by atoms with E-state index in [1.165, 1.54) is 0 Å². The summed E-state index contributed by atoms with van der Waals surface area (Å²) in [6.07, 6.45) is -0.981. The zero-order valence-electron chi connectivity index (χ0n) is 10.1. The van der Waals surface area contributed by atoms with Crippen LogP contribution in [0.15, 0.2) is 0 Å². The Bertz CT molecular complexity index is 446. The third-order valence-electron chi connectivity index (χ3n) is 2.25. The van der Waals surface area contributed by atoms with Gasteiger partial charge in [-0.15, -0.1) is 0 Å². The zero-order valence-corrected chi connectivity index (χ0v) is 11.7.